The van der Waals surface area contributed by atoms with E-state index in [2.05, 4.69) is 10.1 Å². The van der Waals surface area contributed by atoms with Crippen LogP contribution in [0, 0.1) is 5.82 Å². The lowest BCUT2D eigenvalue weighted by molar-refractivity contribution is 0.111. The minimum absolute atomic E-state index is 0.0354. The fourth-order valence-electron chi connectivity index (χ4n) is 1.08. The van der Waals surface area contributed by atoms with E-state index in [4.69, 9.17) is 0 Å². The first-order valence-electron chi connectivity index (χ1n) is 3.93. The summed E-state index contributed by atoms with van der Waals surface area (Å²) in [6, 6.07) is 6.13. The Labute approximate surface area is 79.0 Å². The van der Waals surface area contributed by atoms with E-state index >= 15 is 0 Å². The number of aldehydes is 1. The summed E-state index contributed by atoms with van der Waals surface area (Å²) >= 11 is 0. The molecule has 0 fully saturated rings. The van der Waals surface area contributed by atoms with Gasteiger partial charge in [0.1, 0.15) is 17.8 Å². The molecule has 0 N–H and O–H groups in total. The van der Waals surface area contributed by atoms with Crippen LogP contribution in [-0.4, -0.2) is 21.1 Å². The van der Waals surface area contributed by atoms with Crippen LogP contribution in [0.25, 0.3) is 5.69 Å². The summed E-state index contributed by atoms with van der Waals surface area (Å²) in [5.74, 6) is -0.372. The minimum atomic E-state index is -0.408. The van der Waals surface area contributed by atoms with Gasteiger partial charge < -0.3 is 0 Å². The molecular weight excluding hydrogens is 185 g/mol. The van der Waals surface area contributed by atoms with Crippen molar-refractivity contribution in [3.8, 4) is 5.69 Å². The molecule has 0 unspecified atom stereocenters. The topological polar surface area (TPSA) is 47.8 Å². The fraction of sp³-hybridized carbons (Fsp3) is 0. The number of aromatic nitrogens is 3. The van der Waals surface area contributed by atoms with Gasteiger partial charge >= 0.3 is 0 Å². The Balaban J connectivity index is 2.49. The summed E-state index contributed by atoms with van der Waals surface area (Å²) in [4.78, 5) is 14.0. The standard InChI is InChI=1S/C9H6FN3O/c10-7-3-1-2-4-8(7)13-6-11-9(5-14)12-13/h1-6H. The van der Waals surface area contributed by atoms with Crippen LogP contribution in [0.1, 0.15) is 10.6 Å². The Kier molecular flexibility index (Phi) is 2.06. The van der Waals surface area contributed by atoms with Crippen molar-refractivity contribution >= 4 is 6.29 Å². The molecule has 0 saturated carbocycles. The van der Waals surface area contributed by atoms with E-state index < -0.39 is 5.82 Å². The second-order valence-electron chi connectivity index (χ2n) is 2.62. The summed E-state index contributed by atoms with van der Waals surface area (Å²) in [6.45, 7) is 0. The number of halogens is 1. The Morgan fingerprint density at radius 3 is 2.79 bits per heavy atom. The van der Waals surface area contributed by atoms with E-state index in [9.17, 15) is 9.18 Å². The van der Waals surface area contributed by atoms with Crippen molar-refractivity contribution in [3.05, 3.63) is 42.2 Å². The van der Waals surface area contributed by atoms with Crippen molar-refractivity contribution in [2.75, 3.05) is 0 Å². The highest BCUT2D eigenvalue weighted by Crippen LogP contribution is 2.10. The van der Waals surface area contributed by atoms with Crippen molar-refractivity contribution in [3.63, 3.8) is 0 Å². The summed E-state index contributed by atoms with van der Waals surface area (Å²) < 4.78 is 14.4. The van der Waals surface area contributed by atoms with E-state index in [0.717, 1.165) is 0 Å². The first-order chi connectivity index (χ1) is 6.81. The molecule has 0 aliphatic carbocycles. The Bertz CT molecular complexity index is 467. The van der Waals surface area contributed by atoms with Gasteiger partial charge in [-0.1, -0.05) is 12.1 Å². The molecule has 0 aliphatic heterocycles. The van der Waals surface area contributed by atoms with Gasteiger partial charge in [0.05, 0.1) is 0 Å². The number of benzene rings is 1. The molecule has 0 saturated heterocycles. The van der Waals surface area contributed by atoms with E-state index in [1.807, 2.05) is 0 Å². The van der Waals surface area contributed by atoms with Gasteiger partial charge in [0.15, 0.2) is 6.29 Å². The van der Waals surface area contributed by atoms with Crippen LogP contribution in [0.3, 0.4) is 0 Å². The van der Waals surface area contributed by atoms with Crippen LogP contribution >= 0.6 is 0 Å². The monoisotopic (exact) mass is 191 g/mol. The van der Waals surface area contributed by atoms with Gasteiger partial charge in [0.2, 0.25) is 5.82 Å². The molecule has 4 nitrogen and oxygen atoms in total. The van der Waals surface area contributed by atoms with E-state index in [-0.39, 0.29) is 11.5 Å². The predicted octanol–water partition coefficient (Wildman–Crippen LogP) is 1.22. The molecular formula is C9H6FN3O. The average Bonchev–Trinajstić information content (AvgIpc) is 2.67. The first kappa shape index (κ1) is 8.55. The van der Waals surface area contributed by atoms with Gasteiger partial charge in [-0.15, -0.1) is 5.10 Å². The smallest absolute Gasteiger partial charge is 0.214 e. The van der Waals surface area contributed by atoms with Gasteiger partial charge in [-0.05, 0) is 12.1 Å². The second-order valence-corrected chi connectivity index (χ2v) is 2.62. The van der Waals surface area contributed by atoms with Crippen molar-refractivity contribution in [1.82, 2.24) is 14.8 Å². The van der Waals surface area contributed by atoms with Gasteiger partial charge in [-0.25, -0.2) is 14.1 Å². The highest BCUT2D eigenvalue weighted by atomic mass is 19.1. The maximum atomic E-state index is 13.2. The lowest BCUT2D eigenvalue weighted by Crippen LogP contribution is -1.98. The second kappa shape index (κ2) is 3.37. The quantitative estimate of drug-likeness (QED) is 0.670. The molecule has 1 aromatic carbocycles. The first-order valence-corrected chi connectivity index (χ1v) is 3.93. The third kappa shape index (κ3) is 1.39. The third-order valence-electron chi connectivity index (χ3n) is 1.71. The summed E-state index contributed by atoms with van der Waals surface area (Å²) in [5.41, 5.74) is 0.271. The molecule has 2 rings (SSSR count). The van der Waals surface area contributed by atoms with Crippen LogP contribution in [-0.2, 0) is 0 Å². The maximum absolute atomic E-state index is 13.2. The molecule has 5 heteroatoms. The number of carbonyl (C=O) groups is 1. The molecule has 0 bridgehead atoms. The number of hydrogen-bond donors (Lipinski definition) is 0. The largest absolute Gasteiger partial charge is 0.294 e. The Morgan fingerprint density at radius 2 is 2.14 bits per heavy atom. The van der Waals surface area contributed by atoms with Gasteiger partial charge in [-0.2, -0.15) is 0 Å². The molecule has 0 atom stereocenters. The van der Waals surface area contributed by atoms with Crippen molar-refractivity contribution < 1.29 is 9.18 Å². The van der Waals surface area contributed by atoms with Gasteiger partial charge in [-0.3, -0.25) is 4.79 Å². The van der Waals surface area contributed by atoms with Crippen LogP contribution in [0.5, 0.6) is 0 Å². The Morgan fingerprint density at radius 1 is 1.36 bits per heavy atom. The highest BCUT2D eigenvalue weighted by Gasteiger charge is 2.05. The number of para-hydroxylation sites is 1. The molecule has 1 heterocycles. The maximum Gasteiger partial charge on any atom is 0.214 e. The zero-order valence-electron chi connectivity index (χ0n) is 7.09. The van der Waals surface area contributed by atoms with Crippen LogP contribution in [0.4, 0.5) is 4.39 Å². The highest BCUT2D eigenvalue weighted by molar-refractivity contribution is 5.68. The van der Waals surface area contributed by atoms with Crippen molar-refractivity contribution in [2.45, 2.75) is 0 Å². The van der Waals surface area contributed by atoms with Crippen LogP contribution in [0.2, 0.25) is 0 Å². The number of rotatable bonds is 2. The van der Waals surface area contributed by atoms with E-state index in [0.29, 0.717) is 6.29 Å². The van der Waals surface area contributed by atoms with E-state index in [1.54, 1.807) is 18.2 Å². The van der Waals surface area contributed by atoms with Crippen molar-refractivity contribution in [1.29, 1.82) is 0 Å². The molecule has 1 aromatic heterocycles. The van der Waals surface area contributed by atoms with Gasteiger partial charge in [0.25, 0.3) is 0 Å². The average molecular weight is 191 g/mol. The summed E-state index contributed by atoms with van der Waals surface area (Å²) in [5, 5.41) is 3.76. The molecule has 70 valence electrons. The minimum Gasteiger partial charge on any atom is -0.294 e. The zero-order chi connectivity index (χ0) is 9.97. The van der Waals surface area contributed by atoms with E-state index in [1.165, 1.54) is 17.1 Å². The molecule has 14 heavy (non-hydrogen) atoms. The molecule has 2 aromatic rings. The third-order valence-corrected chi connectivity index (χ3v) is 1.71. The Hall–Kier alpha value is -2.04. The fourth-order valence-corrected chi connectivity index (χ4v) is 1.08. The zero-order valence-corrected chi connectivity index (χ0v) is 7.09. The lowest BCUT2D eigenvalue weighted by Gasteiger charge is -1.99. The number of carbonyl (C=O) groups excluding carboxylic acids is 1. The van der Waals surface area contributed by atoms with Crippen molar-refractivity contribution in [2.24, 2.45) is 0 Å². The normalized spacial score (nSPS) is 10.1. The number of hydrogen-bond acceptors (Lipinski definition) is 3. The SMILES string of the molecule is O=Cc1ncn(-c2ccccc2F)n1. The van der Waals surface area contributed by atoms with Gasteiger partial charge in [0, 0.05) is 0 Å². The lowest BCUT2D eigenvalue weighted by atomic mass is 10.3. The van der Waals surface area contributed by atoms with Crippen LogP contribution < -0.4 is 0 Å². The molecule has 0 spiro atoms. The molecule has 0 radical (unpaired) electrons. The summed E-state index contributed by atoms with van der Waals surface area (Å²) in [7, 11) is 0. The molecule has 0 amide bonds. The predicted molar refractivity (Wildman–Crippen MR) is 46.7 cm³/mol. The molecule has 0 aliphatic rings. The number of nitrogens with zero attached hydrogens (tertiary/aromatic N) is 3. The van der Waals surface area contributed by atoms with Crippen LogP contribution in [0.15, 0.2) is 30.6 Å². The summed E-state index contributed by atoms with van der Waals surface area (Å²) in [6.07, 6.45) is 1.81.